The molecule has 2 amide bonds. The molecule has 2 rings (SSSR count). The third-order valence-electron chi connectivity index (χ3n) is 3.72. The first-order chi connectivity index (χ1) is 11.4. The Bertz CT molecular complexity index is 751. The highest BCUT2D eigenvalue weighted by molar-refractivity contribution is 5.91. The van der Waals surface area contributed by atoms with Crippen molar-refractivity contribution in [3.05, 3.63) is 48.0 Å². The highest BCUT2D eigenvalue weighted by Gasteiger charge is 2.24. The number of amides is 2. The van der Waals surface area contributed by atoms with E-state index in [-0.39, 0.29) is 6.04 Å². The molecule has 0 aromatic heterocycles. The minimum absolute atomic E-state index is 0.325. The molecule has 0 fully saturated rings. The van der Waals surface area contributed by atoms with Crippen LogP contribution >= 0.6 is 0 Å². The molecule has 126 valence electrons. The lowest BCUT2D eigenvalue weighted by atomic mass is 9.99. The molecule has 6 nitrogen and oxygen atoms in total. The Hall–Kier alpha value is -2.89. The van der Waals surface area contributed by atoms with Crippen molar-refractivity contribution in [2.24, 2.45) is 0 Å². The van der Waals surface area contributed by atoms with Gasteiger partial charge >= 0.3 is 5.97 Å². The number of hydrogen-bond acceptors (Lipinski definition) is 3. The van der Waals surface area contributed by atoms with Gasteiger partial charge in [-0.05, 0) is 23.3 Å². The fourth-order valence-corrected chi connectivity index (χ4v) is 2.65. The number of aliphatic carboxylic acids is 1. The van der Waals surface area contributed by atoms with Crippen LogP contribution in [0.25, 0.3) is 10.8 Å². The molecule has 2 aromatic rings. The van der Waals surface area contributed by atoms with Gasteiger partial charge in [0.05, 0.1) is 12.5 Å². The second-order valence-electron chi connectivity index (χ2n) is 5.65. The van der Waals surface area contributed by atoms with E-state index in [0.717, 1.165) is 16.3 Å². The van der Waals surface area contributed by atoms with Crippen LogP contribution in [0.15, 0.2) is 42.5 Å². The average Bonchev–Trinajstić information content (AvgIpc) is 2.52. The molecule has 0 aliphatic heterocycles. The normalized spacial score (nSPS) is 13.1. The fraction of sp³-hybridized carbons (Fsp3) is 0.278. The lowest BCUT2D eigenvalue weighted by Gasteiger charge is -2.21. The van der Waals surface area contributed by atoms with Crippen molar-refractivity contribution in [3.8, 4) is 0 Å². The Kier molecular flexibility index (Phi) is 5.52. The second kappa shape index (κ2) is 7.59. The van der Waals surface area contributed by atoms with E-state index in [1.807, 2.05) is 49.4 Å². The largest absolute Gasteiger partial charge is 0.481 e. The Morgan fingerprint density at radius 2 is 1.71 bits per heavy atom. The van der Waals surface area contributed by atoms with E-state index in [4.69, 9.17) is 5.11 Å². The number of fused-ring (bicyclic) bond motifs is 1. The van der Waals surface area contributed by atoms with Gasteiger partial charge in [0.25, 0.3) is 0 Å². The quantitative estimate of drug-likeness (QED) is 0.756. The molecule has 0 spiro atoms. The zero-order valence-corrected chi connectivity index (χ0v) is 13.6. The highest BCUT2D eigenvalue weighted by atomic mass is 16.4. The molecule has 6 heteroatoms. The summed E-state index contributed by atoms with van der Waals surface area (Å²) in [5.41, 5.74) is 0.929. The Morgan fingerprint density at radius 3 is 2.38 bits per heavy atom. The van der Waals surface area contributed by atoms with Crippen molar-refractivity contribution in [2.45, 2.75) is 32.4 Å². The minimum atomic E-state index is -1.15. The number of carbonyl (C=O) groups excluding carboxylic acids is 2. The van der Waals surface area contributed by atoms with Crippen LogP contribution in [-0.4, -0.2) is 28.9 Å². The Labute approximate surface area is 139 Å². The van der Waals surface area contributed by atoms with E-state index in [1.54, 1.807) is 0 Å². The fourth-order valence-electron chi connectivity index (χ4n) is 2.65. The lowest BCUT2D eigenvalue weighted by molar-refractivity contribution is -0.140. The maximum absolute atomic E-state index is 12.3. The molecule has 0 aliphatic rings. The molecule has 0 bridgehead atoms. The number of rotatable bonds is 6. The van der Waals surface area contributed by atoms with E-state index >= 15 is 0 Å². The molecule has 2 aromatic carbocycles. The first-order valence-corrected chi connectivity index (χ1v) is 7.65. The Balaban J connectivity index is 2.19. The molecular formula is C18H20N2O4. The number of carboxylic acid groups (broad SMARTS) is 1. The van der Waals surface area contributed by atoms with Crippen LogP contribution in [0.3, 0.4) is 0 Å². The van der Waals surface area contributed by atoms with Crippen molar-refractivity contribution in [2.75, 3.05) is 0 Å². The van der Waals surface area contributed by atoms with Gasteiger partial charge in [-0.2, -0.15) is 0 Å². The minimum Gasteiger partial charge on any atom is -0.481 e. The SMILES string of the molecule is CC(=O)N[C@@H](CC(=O)O)C(=O)N[C@@H](C)c1cccc2ccccc12. The van der Waals surface area contributed by atoms with Crippen LogP contribution in [0.4, 0.5) is 0 Å². The van der Waals surface area contributed by atoms with Crippen LogP contribution in [0.1, 0.15) is 31.9 Å². The molecule has 2 atom stereocenters. The van der Waals surface area contributed by atoms with Crippen LogP contribution in [0, 0.1) is 0 Å². The summed E-state index contributed by atoms with van der Waals surface area (Å²) in [5, 5.41) is 16.1. The third-order valence-corrected chi connectivity index (χ3v) is 3.72. The standard InChI is InChI=1S/C18H20N2O4/c1-11(14-9-5-7-13-6-3-4-8-15(13)14)19-18(24)16(10-17(22)23)20-12(2)21/h3-9,11,16H,10H2,1-2H3,(H,19,24)(H,20,21)(H,22,23)/t11-,16-/m0/s1. The van der Waals surface area contributed by atoms with Gasteiger partial charge < -0.3 is 15.7 Å². The summed E-state index contributed by atoms with van der Waals surface area (Å²) in [5.74, 6) is -2.12. The molecule has 0 radical (unpaired) electrons. The number of carboxylic acids is 1. The van der Waals surface area contributed by atoms with Gasteiger partial charge in [-0.15, -0.1) is 0 Å². The van der Waals surface area contributed by atoms with Crippen LogP contribution in [0.5, 0.6) is 0 Å². The zero-order chi connectivity index (χ0) is 17.7. The van der Waals surface area contributed by atoms with E-state index in [1.165, 1.54) is 6.92 Å². The van der Waals surface area contributed by atoms with E-state index in [0.29, 0.717) is 0 Å². The van der Waals surface area contributed by atoms with Crippen LogP contribution in [-0.2, 0) is 14.4 Å². The predicted molar refractivity (Wildman–Crippen MR) is 90.4 cm³/mol. The molecular weight excluding hydrogens is 308 g/mol. The summed E-state index contributed by atoms with van der Waals surface area (Å²) in [6, 6.07) is 12.2. The van der Waals surface area contributed by atoms with E-state index < -0.39 is 30.2 Å². The van der Waals surface area contributed by atoms with Gasteiger partial charge in [0.2, 0.25) is 11.8 Å². The molecule has 0 unspecified atom stereocenters. The molecule has 0 aliphatic carbocycles. The number of carbonyl (C=O) groups is 3. The average molecular weight is 328 g/mol. The van der Waals surface area contributed by atoms with Crippen LogP contribution < -0.4 is 10.6 Å². The highest BCUT2D eigenvalue weighted by Crippen LogP contribution is 2.24. The predicted octanol–water partition coefficient (Wildman–Crippen LogP) is 2.00. The second-order valence-corrected chi connectivity index (χ2v) is 5.65. The Morgan fingerprint density at radius 1 is 1.04 bits per heavy atom. The summed E-state index contributed by atoms with van der Waals surface area (Å²) >= 11 is 0. The molecule has 24 heavy (non-hydrogen) atoms. The molecule has 0 saturated carbocycles. The molecule has 0 heterocycles. The monoisotopic (exact) mass is 328 g/mol. The van der Waals surface area contributed by atoms with Gasteiger partial charge in [0, 0.05) is 6.92 Å². The van der Waals surface area contributed by atoms with Crippen LogP contribution in [0.2, 0.25) is 0 Å². The van der Waals surface area contributed by atoms with Crippen molar-refractivity contribution < 1.29 is 19.5 Å². The lowest BCUT2D eigenvalue weighted by Crippen LogP contribution is -2.47. The van der Waals surface area contributed by atoms with Gasteiger partial charge in [-0.1, -0.05) is 42.5 Å². The van der Waals surface area contributed by atoms with E-state index in [9.17, 15) is 14.4 Å². The number of hydrogen-bond donors (Lipinski definition) is 3. The summed E-state index contributed by atoms with van der Waals surface area (Å²) in [6.45, 7) is 3.07. The maximum atomic E-state index is 12.3. The van der Waals surface area contributed by atoms with E-state index in [2.05, 4.69) is 10.6 Å². The van der Waals surface area contributed by atoms with Crippen molar-refractivity contribution in [1.29, 1.82) is 0 Å². The maximum Gasteiger partial charge on any atom is 0.305 e. The summed E-state index contributed by atoms with van der Waals surface area (Å²) in [4.78, 5) is 34.4. The zero-order valence-electron chi connectivity index (χ0n) is 13.6. The molecule has 3 N–H and O–H groups in total. The van der Waals surface area contributed by atoms with Gasteiger partial charge in [0.1, 0.15) is 6.04 Å². The van der Waals surface area contributed by atoms with Gasteiger partial charge in [-0.25, -0.2) is 0 Å². The first-order valence-electron chi connectivity index (χ1n) is 7.65. The van der Waals surface area contributed by atoms with Gasteiger partial charge in [0.15, 0.2) is 0 Å². The topological polar surface area (TPSA) is 95.5 Å². The first kappa shape index (κ1) is 17.5. The number of benzene rings is 2. The summed E-state index contributed by atoms with van der Waals surface area (Å²) in [6.07, 6.45) is -0.465. The van der Waals surface area contributed by atoms with Crippen molar-refractivity contribution in [3.63, 3.8) is 0 Å². The smallest absolute Gasteiger partial charge is 0.305 e. The van der Waals surface area contributed by atoms with Crippen molar-refractivity contribution in [1.82, 2.24) is 10.6 Å². The third kappa shape index (κ3) is 4.32. The number of nitrogens with one attached hydrogen (secondary N) is 2. The van der Waals surface area contributed by atoms with Crippen molar-refractivity contribution >= 4 is 28.6 Å². The summed E-state index contributed by atoms with van der Waals surface area (Å²) < 4.78 is 0. The van der Waals surface area contributed by atoms with Gasteiger partial charge in [-0.3, -0.25) is 14.4 Å². The summed E-state index contributed by atoms with van der Waals surface area (Å²) in [7, 11) is 0. The molecule has 0 saturated heterocycles.